The zero-order valence-electron chi connectivity index (χ0n) is 10.7. The number of benzene rings is 1. The highest BCUT2D eigenvalue weighted by Crippen LogP contribution is 2.27. The Morgan fingerprint density at radius 2 is 2.33 bits per heavy atom. The highest BCUT2D eigenvalue weighted by molar-refractivity contribution is 9.08. The minimum absolute atomic E-state index is 0.136. The van der Waals surface area contributed by atoms with Gasteiger partial charge in [-0.1, -0.05) is 28.9 Å². The molecule has 2 rings (SSSR count). The van der Waals surface area contributed by atoms with Gasteiger partial charge in [0.1, 0.15) is 5.82 Å². The third-order valence-corrected chi connectivity index (χ3v) is 3.93. The molecule has 0 aromatic heterocycles. The zero-order valence-corrected chi connectivity index (χ0v) is 12.2. The predicted octanol–water partition coefficient (Wildman–Crippen LogP) is 3.73. The van der Waals surface area contributed by atoms with Crippen molar-refractivity contribution in [2.75, 3.05) is 24.6 Å². The Kier molecular flexibility index (Phi) is 5.01. The van der Waals surface area contributed by atoms with Crippen molar-refractivity contribution in [2.45, 2.75) is 31.2 Å². The number of alkyl halides is 1. The molecule has 1 unspecified atom stereocenters. The van der Waals surface area contributed by atoms with Crippen LogP contribution in [0.5, 0.6) is 0 Å². The molecule has 0 radical (unpaired) electrons. The average Bonchev–Trinajstić information content (AvgIpc) is 2.63. The third-order valence-electron chi connectivity index (χ3n) is 3.37. The molecule has 4 heteroatoms. The second-order valence-corrected chi connectivity index (χ2v) is 5.13. The summed E-state index contributed by atoms with van der Waals surface area (Å²) in [6.07, 6.45) is 2.24. The van der Waals surface area contributed by atoms with Crippen molar-refractivity contribution < 1.29 is 9.13 Å². The molecular formula is C14H19BrFNO. The Hall–Kier alpha value is -0.610. The van der Waals surface area contributed by atoms with E-state index in [-0.39, 0.29) is 11.9 Å². The largest absolute Gasteiger partial charge is 0.376 e. The van der Waals surface area contributed by atoms with Gasteiger partial charge in [-0.05, 0) is 25.0 Å². The minimum atomic E-state index is -0.136. The Bertz CT molecular complexity index is 399. The van der Waals surface area contributed by atoms with Gasteiger partial charge < -0.3 is 9.64 Å². The minimum Gasteiger partial charge on any atom is -0.376 e. The van der Waals surface area contributed by atoms with Gasteiger partial charge in [0.25, 0.3) is 0 Å². The summed E-state index contributed by atoms with van der Waals surface area (Å²) >= 11 is 3.38. The lowest BCUT2D eigenvalue weighted by atomic mass is 10.1. The normalized spacial score (nSPS) is 20.8. The Balaban J connectivity index is 2.26. The van der Waals surface area contributed by atoms with Gasteiger partial charge in [-0.15, -0.1) is 0 Å². The van der Waals surface area contributed by atoms with E-state index in [9.17, 15) is 4.39 Å². The summed E-state index contributed by atoms with van der Waals surface area (Å²) < 4.78 is 19.6. The molecule has 1 heterocycles. The second-order valence-electron chi connectivity index (χ2n) is 4.57. The van der Waals surface area contributed by atoms with Crippen LogP contribution in [0.25, 0.3) is 0 Å². The fourth-order valence-corrected chi connectivity index (χ4v) is 2.89. The van der Waals surface area contributed by atoms with Crippen LogP contribution in [-0.4, -0.2) is 25.8 Å². The summed E-state index contributed by atoms with van der Waals surface area (Å²) in [7, 11) is 0. The van der Waals surface area contributed by atoms with Crippen molar-refractivity contribution in [3.05, 3.63) is 29.6 Å². The maximum absolute atomic E-state index is 13.8. The van der Waals surface area contributed by atoms with Crippen LogP contribution in [-0.2, 0) is 10.1 Å². The lowest BCUT2D eigenvalue weighted by Crippen LogP contribution is -2.32. The summed E-state index contributed by atoms with van der Waals surface area (Å²) in [5.74, 6) is -0.136. The molecule has 1 aliphatic rings. The predicted molar refractivity (Wildman–Crippen MR) is 75.9 cm³/mol. The first-order chi connectivity index (χ1) is 8.76. The van der Waals surface area contributed by atoms with Crippen LogP contribution >= 0.6 is 15.9 Å². The van der Waals surface area contributed by atoms with Gasteiger partial charge in [0.05, 0.1) is 6.10 Å². The van der Waals surface area contributed by atoms with Gasteiger partial charge in [0, 0.05) is 36.3 Å². The van der Waals surface area contributed by atoms with E-state index in [1.165, 1.54) is 6.07 Å². The van der Waals surface area contributed by atoms with Crippen molar-refractivity contribution in [3.63, 3.8) is 0 Å². The Morgan fingerprint density at radius 3 is 3.06 bits per heavy atom. The van der Waals surface area contributed by atoms with Gasteiger partial charge >= 0.3 is 0 Å². The molecule has 18 heavy (non-hydrogen) atoms. The highest BCUT2D eigenvalue weighted by atomic mass is 79.9. The van der Waals surface area contributed by atoms with E-state index in [0.717, 1.165) is 43.8 Å². The Labute approximate surface area is 116 Å². The van der Waals surface area contributed by atoms with E-state index in [1.54, 1.807) is 6.07 Å². The van der Waals surface area contributed by atoms with E-state index >= 15 is 0 Å². The number of hydrogen-bond acceptors (Lipinski definition) is 2. The van der Waals surface area contributed by atoms with Crippen LogP contribution in [0.15, 0.2) is 18.2 Å². The number of anilines is 1. The monoisotopic (exact) mass is 315 g/mol. The quantitative estimate of drug-likeness (QED) is 0.788. The van der Waals surface area contributed by atoms with Crippen LogP contribution in [0.3, 0.4) is 0 Å². The second kappa shape index (κ2) is 6.53. The van der Waals surface area contributed by atoms with E-state index < -0.39 is 0 Å². The van der Waals surface area contributed by atoms with Crippen molar-refractivity contribution in [3.8, 4) is 0 Å². The SMILES string of the molecule is CCC1CN(c2cccc(F)c2CBr)CCCO1. The maximum Gasteiger partial charge on any atom is 0.129 e. The Morgan fingerprint density at radius 1 is 1.50 bits per heavy atom. The molecule has 1 aliphatic heterocycles. The van der Waals surface area contributed by atoms with E-state index in [0.29, 0.717) is 5.33 Å². The number of nitrogens with zero attached hydrogens (tertiary/aromatic N) is 1. The van der Waals surface area contributed by atoms with Crippen LogP contribution in [0.2, 0.25) is 0 Å². The summed E-state index contributed by atoms with van der Waals surface area (Å²) in [5, 5.41) is 0.545. The molecule has 1 aromatic carbocycles. The molecule has 0 bridgehead atoms. The molecule has 0 amide bonds. The van der Waals surface area contributed by atoms with Gasteiger partial charge in [0.15, 0.2) is 0 Å². The molecule has 0 spiro atoms. The summed E-state index contributed by atoms with van der Waals surface area (Å²) in [5.41, 5.74) is 1.74. The summed E-state index contributed by atoms with van der Waals surface area (Å²) in [4.78, 5) is 2.25. The van der Waals surface area contributed by atoms with E-state index in [4.69, 9.17) is 4.74 Å². The molecule has 1 saturated heterocycles. The summed E-state index contributed by atoms with van der Waals surface area (Å²) in [6, 6.07) is 5.30. The average molecular weight is 316 g/mol. The maximum atomic E-state index is 13.8. The lowest BCUT2D eigenvalue weighted by molar-refractivity contribution is 0.0664. The first kappa shape index (κ1) is 13.8. The molecule has 1 atom stereocenters. The van der Waals surface area contributed by atoms with Gasteiger partial charge in [-0.25, -0.2) is 4.39 Å². The number of halogens is 2. The molecule has 1 fully saturated rings. The smallest absolute Gasteiger partial charge is 0.129 e. The number of hydrogen-bond donors (Lipinski definition) is 0. The standard InChI is InChI=1S/C14H19BrFNO/c1-2-11-10-17(7-4-8-18-11)14-6-3-5-13(16)12(14)9-15/h3,5-6,11H,2,4,7-10H2,1H3. The molecule has 1 aromatic rings. The molecule has 0 N–H and O–H groups in total. The molecule has 0 aliphatic carbocycles. The van der Waals surface area contributed by atoms with Gasteiger partial charge in [0.2, 0.25) is 0 Å². The first-order valence-electron chi connectivity index (χ1n) is 6.46. The summed E-state index contributed by atoms with van der Waals surface area (Å²) in [6.45, 7) is 4.71. The van der Waals surface area contributed by atoms with Crippen molar-refractivity contribution in [1.29, 1.82) is 0 Å². The van der Waals surface area contributed by atoms with Crippen LogP contribution in [0.1, 0.15) is 25.3 Å². The van der Waals surface area contributed by atoms with Crippen molar-refractivity contribution in [1.82, 2.24) is 0 Å². The lowest BCUT2D eigenvalue weighted by Gasteiger charge is -2.27. The van der Waals surface area contributed by atoms with Crippen LogP contribution in [0, 0.1) is 5.82 Å². The number of ether oxygens (including phenoxy) is 1. The van der Waals surface area contributed by atoms with Gasteiger partial charge in [-0.3, -0.25) is 0 Å². The fourth-order valence-electron chi connectivity index (χ4n) is 2.34. The van der Waals surface area contributed by atoms with Crippen LogP contribution in [0.4, 0.5) is 10.1 Å². The zero-order chi connectivity index (χ0) is 13.0. The van der Waals surface area contributed by atoms with Crippen molar-refractivity contribution >= 4 is 21.6 Å². The number of rotatable bonds is 3. The highest BCUT2D eigenvalue weighted by Gasteiger charge is 2.20. The molecule has 0 saturated carbocycles. The third kappa shape index (κ3) is 3.04. The molecule has 2 nitrogen and oxygen atoms in total. The van der Waals surface area contributed by atoms with E-state index in [1.807, 2.05) is 6.07 Å². The van der Waals surface area contributed by atoms with Crippen molar-refractivity contribution in [2.24, 2.45) is 0 Å². The molecule has 100 valence electrons. The first-order valence-corrected chi connectivity index (χ1v) is 7.58. The fraction of sp³-hybridized carbons (Fsp3) is 0.571. The van der Waals surface area contributed by atoms with Crippen LogP contribution < -0.4 is 4.90 Å². The van der Waals surface area contributed by atoms with E-state index in [2.05, 4.69) is 27.8 Å². The van der Waals surface area contributed by atoms with Gasteiger partial charge in [-0.2, -0.15) is 0 Å². The topological polar surface area (TPSA) is 12.5 Å². The molecular weight excluding hydrogens is 297 g/mol.